The van der Waals surface area contributed by atoms with Crippen LogP contribution in [0, 0.1) is 5.92 Å². The Hall–Kier alpha value is -1.59. The van der Waals surface area contributed by atoms with E-state index in [1.807, 2.05) is 23.1 Å². The quantitative estimate of drug-likeness (QED) is 0.868. The summed E-state index contributed by atoms with van der Waals surface area (Å²) in [6, 6.07) is 6.75. The van der Waals surface area contributed by atoms with Gasteiger partial charge in [-0.25, -0.2) is 0 Å². The van der Waals surface area contributed by atoms with E-state index in [1.165, 1.54) is 0 Å². The monoisotopic (exact) mass is 293 g/mol. The first-order valence-electron chi connectivity index (χ1n) is 7.30. The van der Waals surface area contributed by atoms with Crippen molar-refractivity contribution in [3.8, 4) is 5.75 Å². The summed E-state index contributed by atoms with van der Waals surface area (Å²) >= 11 is 0. The van der Waals surface area contributed by atoms with E-state index in [1.54, 1.807) is 13.2 Å². The Labute approximate surface area is 125 Å². The normalized spacial score (nSPS) is 24.5. The highest BCUT2D eigenvalue weighted by Gasteiger charge is 2.32. The third-order valence-electron chi connectivity index (χ3n) is 4.15. The first-order valence-corrected chi connectivity index (χ1v) is 7.30. The zero-order valence-corrected chi connectivity index (χ0v) is 12.5. The minimum Gasteiger partial charge on any atom is -0.497 e. The molecule has 0 amide bonds. The van der Waals surface area contributed by atoms with Gasteiger partial charge in [0, 0.05) is 6.54 Å². The lowest BCUT2D eigenvalue weighted by atomic mass is 9.92. The predicted octanol–water partition coefficient (Wildman–Crippen LogP) is 1.91. The summed E-state index contributed by atoms with van der Waals surface area (Å²) in [5, 5.41) is 19.7. The SMILES string of the molecule is COc1cccc(C(O)CN2CCC(C)CC2C(=O)O)c1. The number of ether oxygens (including phenoxy) is 1. The second-order valence-corrected chi connectivity index (χ2v) is 5.77. The van der Waals surface area contributed by atoms with Crippen molar-refractivity contribution in [2.75, 3.05) is 20.2 Å². The number of aliphatic carboxylic acids is 1. The van der Waals surface area contributed by atoms with Gasteiger partial charge in [0.1, 0.15) is 11.8 Å². The molecule has 1 aliphatic rings. The van der Waals surface area contributed by atoms with E-state index >= 15 is 0 Å². The third kappa shape index (κ3) is 3.95. The van der Waals surface area contributed by atoms with Gasteiger partial charge in [-0.1, -0.05) is 19.1 Å². The van der Waals surface area contributed by atoms with E-state index < -0.39 is 18.1 Å². The van der Waals surface area contributed by atoms with Crippen LogP contribution in [-0.4, -0.2) is 47.3 Å². The van der Waals surface area contributed by atoms with Crippen molar-refractivity contribution in [3.63, 3.8) is 0 Å². The maximum atomic E-state index is 11.4. The van der Waals surface area contributed by atoms with Crippen molar-refractivity contribution >= 4 is 5.97 Å². The van der Waals surface area contributed by atoms with E-state index in [-0.39, 0.29) is 0 Å². The summed E-state index contributed by atoms with van der Waals surface area (Å²) < 4.78 is 5.15. The Morgan fingerprint density at radius 2 is 2.29 bits per heavy atom. The number of hydrogen-bond donors (Lipinski definition) is 2. The van der Waals surface area contributed by atoms with E-state index in [2.05, 4.69) is 6.92 Å². The molecule has 1 aliphatic heterocycles. The number of aliphatic hydroxyl groups is 1. The number of piperidine rings is 1. The van der Waals surface area contributed by atoms with Crippen molar-refractivity contribution < 1.29 is 19.7 Å². The fourth-order valence-corrected chi connectivity index (χ4v) is 2.84. The summed E-state index contributed by atoms with van der Waals surface area (Å²) in [7, 11) is 1.58. The first-order chi connectivity index (χ1) is 10.0. The minimum atomic E-state index is -0.806. The highest BCUT2D eigenvalue weighted by Crippen LogP contribution is 2.26. The highest BCUT2D eigenvalue weighted by molar-refractivity contribution is 5.73. The first kappa shape index (κ1) is 15.8. The van der Waals surface area contributed by atoms with Gasteiger partial charge in [-0.2, -0.15) is 0 Å². The third-order valence-corrected chi connectivity index (χ3v) is 4.15. The Morgan fingerprint density at radius 1 is 1.52 bits per heavy atom. The Kier molecular flexibility index (Phi) is 5.20. The van der Waals surface area contributed by atoms with Gasteiger partial charge in [0.2, 0.25) is 0 Å². The van der Waals surface area contributed by atoms with Crippen LogP contribution in [0.2, 0.25) is 0 Å². The lowest BCUT2D eigenvalue weighted by molar-refractivity contribution is -0.146. The van der Waals surface area contributed by atoms with Crippen LogP contribution >= 0.6 is 0 Å². The van der Waals surface area contributed by atoms with Gasteiger partial charge < -0.3 is 14.9 Å². The van der Waals surface area contributed by atoms with Crippen LogP contribution in [0.5, 0.6) is 5.75 Å². The topological polar surface area (TPSA) is 70.0 Å². The maximum Gasteiger partial charge on any atom is 0.320 e. The van der Waals surface area contributed by atoms with Crippen molar-refractivity contribution in [1.82, 2.24) is 4.90 Å². The second kappa shape index (κ2) is 6.91. The Balaban J connectivity index is 2.06. The average molecular weight is 293 g/mol. The number of rotatable bonds is 5. The molecule has 0 saturated carbocycles. The molecule has 1 fully saturated rings. The number of carboxylic acid groups (broad SMARTS) is 1. The zero-order chi connectivity index (χ0) is 15.4. The van der Waals surface area contributed by atoms with Crippen LogP contribution in [0.15, 0.2) is 24.3 Å². The molecule has 3 atom stereocenters. The van der Waals surface area contributed by atoms with Crippen LogP contribution in [-0.2, 0) is 4.79 Å². The molecule has 1 heterocycles. The largest absolute Gasteiger partial charge is 0.497 e. The predicted molar refractivity (Wildman–Crippen MR) is 79.3 cm³/mol. The van der Waals surface area contributed by atoms with Gasteiger partial charge in [0.05, 0.1) is 13.2 Å². The minimum absolute atomic E-state index is 0.330. The fraction of sp³-hybridized carbons (Fsp3) is 0.562. The van der Waals surface area contributed by atoms with Crippen LogP contribution in [0.1, 0.15) is 31.4 Å². The average Bonchev–Trinajstić information content (AvgIpc) is 2.48. The Morgan fingerprint density at radius 3 is 2.95 bits per heavy atom. The van der Waals surface area contributed by atoms with Crippen LogP contribution < -0.4 is 4.74 Å². The standard InChI is InChI=1S/C16H23NO4/c1-11-6-7-17(14(8-11)16(19)20)10-15(18)12-4-3-5-13(9-12)21-2/h3-5,9,11,14-15,18H,6-8,10H2,1-2H3,(H,19,20). The van der Waals surface area contributed by atoms with Crippen molar-refractivity contribution in [2.24, 2.45) is 5.92 Å². The molecule has 0 bridgehead atoms. The molecule has 116 valence electrons. The van der Waals surface area contributed by atoms with Gasteiger partial charge in [-0.3, -0.25) is 9.69 Å². The van der Waals surface area contributed by atoms with E-state index in [4.69, 9.17) is 4.74 Å². The van der Waals surface area contributed by atoms with Gasteiger partial charge >= 0.3 is 5.97 Å². The Bertz CT molecular complexity index is 491. The van der Waals surface area contributed by atoms with Gasteiger partial charge in [0.25, 0.3) is 0 Å². The summed E-state index contributed by atoms with van der Waals surface area (Å²) in [5.74, 6) is 0.296. The number of carbonyl (C=O) groups is 1. The molecule has 1 aromatic rings. The van der Waals surface area contributed by atoms with Crippen molar-refractivity contribution in [3.05, 3.63) is 29.8 Å². The molecular formula is C16H23NO4. The van der Waals surface area contributed by atoms with Gasteiger partial charge in [-0.15, -0.1) is 0 Å². The smallest absolute Gasteiger partial charge is 0.320 e. The molecule has 2 N–H and O–H groups in total. The van der Waals surface area contributed by atoms with Gasteiger partial charge in [0.15, 0.2) is 0 Å². The fourth-order valence-electron chi connectivity index (χ4n) is 2.84. The molecule has 5 nitrogen and oxygen atoms in total. The highest BCUT2D eigenvalue weighted by atomic mass is 16.5. The number of nitrogens with zero attached hydrogens (tertiary/aromatic N) is 1. The number of hydrogen-bond acceptors (Lipinski definition) is 4. The van der Waals surface area contributed by atoms with Crippen molar-refractivity contribution in [1.29, 1.82) is 0 Å². The zero-order valence-electron chi connectivity index (χ0n) is 12.5. The lowest BCUT2D eigenvalue weighted by Crippen LogP contribution is -2.48. The van der Waals surface area contributed by atoms with Crippen LogP contribution in [0.3, 0.4) is 0 Å². The number of likely N-dealkylation sites (tertiary alicyclic amines) is 1. The van der Waals surface area contributed by atoms with E-state index in [0.29, 0.717) is 31.2 Å². The summed E-state index contributed by atoms with van der Waals surface area (Å²) in [5.41, 5.74) is 0.747. The molecule has 5 heteroatoms. The molecular weight excluding hydrogens is 270 g/mol. The number of aliphatic hydroxyl groups excluding tert-OH is 1. The molecule has 0 radical (unpaired) electrons. The van der Waals surface area contributed by atoms with E-state index in [0.717, 1.165) is 12.0 Å². The maximum absolute atomic E-state index is 11.4. The summed E-state index contributed by atoms with van der Waals surface area (Å²) in [6.45, 7) is 3.11. The van der Waals surface area contributed by atoms with Crippen LogP contribution in [0.4, 0.5) is 0 Å². The molecule has 0 spiro atoms. The van der Waals surface area contributed by atoms with Crippen molar-refractivity contribution in [2.45, 2.75) is 31.9 Å². The van der Waals surface area contributed by atoms with Crippen LogP contribution in [0.25, 0.3) is 0 Å². The number of benzene rings is 1. The molecule has 0 aromatic heterocycles. The molecule has 0 aliphatic carbocycles. The summed E-state index contributed by atoms with van der Waals surface area (Å²) in [4.78, 5) is 13.3. The number of carboxylic acids is 1. The molecule has 3 unspecified atom stereocenters. The van der Waals surface area contributed by atoms with Gasteiger partial charge in [-0.05, 0) is 43.0 Å². The second-order valence-electron chi connectivity index (χ2n) is 5.77. The lowest BCUT2D eigenvalue weighted by Gasteiger charge is -2.37. The van der Waals surface area contributed by atoms with E-state index in [9.17, 15) is 15.0 Å². The number of β-amino-alcohol motifs (C(OH)–C–C–N with tert-alkyl or cyclic N) is 1. The molecule has 1 saturated heterocycles. The molecule has 2 rings (SSSR count). The number of methoxy groups -OCH3 is 1. The summed E-state index contributed by atoms with van der Waals surface area (Å²) in [6.07, 6.45) is 0.893. The molecule has 1 aromatic carbocycles. The molecule has 21 heavy (non-hydrogen) atoms.